The Kier molecular flexibility index (Phi) is 4.95. The van der Waals surface area contributed by atoms with E-state index in [9.17, 15) is 0 Å². The fraction of sp³-hybridized carbons (Fsp3) is 0.100. The van der Waals surface area contributed by atoms with Gasteiger partial charge in [0.2, 0.25) is 0 Å². The molecule has 0 radical (unpaired) electrons. The first-order chi connectivity index (χ1) is 11.2. The maximum atomic E-state index is 6.17. The molecule has 3 aromatic rings. The highest BCUT2D eigenvalue weighted by molar-refractivity contribution is 7.56. The lowest BCUT2D eigenvalue weighted by Gasteiger charge is -2.19. The molecule has 0 unspecified atom stereocenters. The smallest absolute Gasteiger partial charge is 0.326 e. The van der Waals surface area contributed by atoms with Crippen LogP contribution in [0, 0.1) is 13.8 Å². The minimum absolute atomic E-state index is 0.826. The zero-order chi connectivity index (χ0) is 16.1. The molecule has 0 atom stereocenters. The Morgan fingerprint density at radius 2 is 1.13 bits per heavy atom. The summed E-state index contributed by atoms with van der Waals surface area (Å²) >= 11 is 0. The molecule has 23 heavy (non-hydrogen) atoms. The first kappa shape index (κ1) is 15.6. The fourth-order valence-corrected chi connectivity index (χ4v) is 3.48. The predicted octanol–water partition coefficient (Wildman–Crippen LogP) is 5.40. The summed E-state index contributed by atoms with van der Waals surface area (Å²) in [7, 11) is -1.23. The van der Waals surface area contributed by atoms with E-state index in [4.69, 9.17) is 9.05 Å². The lowest BCUT2D eigenvalue weighted by molar-refractivity contribution is 0.501. The molecule has 0 N–H and O–H groups in total. The molecule has 0 spiro atoms. The van der Waals surface area contributed by atoms with E-state index in [1.165, 1.54) is 11.1 Å². The Morgan fingerprint density at radius 3 is 1.61 bits per heavy atom. The molecule has 2 nitrogen and oxygen atoms in total. The van der Waals surface area contributed by atoms with Crippen molar-refractivity contribution in [3.63, 3.8) is 0 Å². The molecular weight excluding hydrogens is 303 g/mol. The van der Waals surface area contributed by atoms with Crippen molar-refractivity contribution >= 4 is 13.7 Å². The summed E-state index contributed by atoms with van der Waals surface area (Å²) < 4.78 is 12.3. The molecular formula is C20H19O2P. The van der Waals surface area contributed by atoms with Gasteiger partial charge in [0.05, 0.1) is 5.30 Å². The first-order valence-electron chi connectivity index (χ1n) is 7.55. The Labute approximate surface area is 138 Å². The third-order valence-corrected chi connectivity index (χ3v) is 4.80. The zero-order valence-electron chi connectivity index (χ0n) is 13.3. The van der Waals surface area contributed by atoms with E-state index in [1.54, 1.807) is 0 Å². The molecule has 3 rings (SSSR count). The Balaban J connectivity index is 1.87. The van der Waals surface area contributed by atoms with Crippen LogP contribution < -0.4 is 14.4 Å². The van der Waals surface area contributed by atoms with Crippen LogP contribution in [0.15, 0.2) is 78.9 Å². The van der Waals surface area contributed by atoms with Crippen LogP contribution >= 0.6 is 8.38 Å². The molecule has 0 fully saturated rings. The van der Waals surface area contributed by atoms with Crippen molar-refractivity contribution in [2.45, 2.75) is 13.8 Å². The van der Waals surface area contributed by atoms with Crippen LogP contribution in [0.5, 0.6) is 11.5 Å². The second kappa shape index (κ2) is 7.30. The number of benzene rings is 3. The summed E-state index contributed by atoms with van der Waals surface area (Å²) in [5.41, 5.74) is 2.34. The van der Waals surface area contributed by atoms with Gasteiger partial charge in [-0.2, -0.15) is 0 Å². The first-order valence-corrected chi connectivity index (χ1v) is 8.73. The van der Waals surface area contributed by atoms with Gasteiger partial charge < -0.3 is 9.05 Å². The van der Waals surface area contributed by atoms with Crippen molar-refractivity contribution in [3.8, 4) is 11.5 Å². The second-order valence-electron chi connectivity index (χ2n) is 5.41. The molecule has 0 aliphatic rings. The molecule has 0 aromatic heterocycles. The van der Waals surface area contributed by atoms with Gasteiger partial charge in [-0.15, -0.1) is 0 Å². The molecule has 3 heteroatoms. The monoisotopic (exact) mass is 322 g/mol. The summed E-state index contributed by atoms with van der Waals surface area (Å²) in [4.78, 5) is 0. The average molecular weight is 322 g/mol. The molecule has 0 aliphatic heterocycles. The van der Waals surface area contributed by atoms with E-state index in [0.29, 0.717) is 0 Å². The van der Waals surface area contributed by atoms with Gasteiger partial charge in [0.25, 0.3) is 0 Å². The van der Waals surface area contributed by atoms with Gasteiger partial charge in [-0.25, -0.2) is 0 Å². The van der Waals surface area contributed by atoms with Crippen LogP contribution in [-0.2, 0) is 0 Å². The van der Waals surface area contributed by atoms with E-state index in [1.807, 2.05) is 66.7 Å². The predicted molar refractivity (Wildman–Crippen MR) is 96.6 cm³/mol. The Hall–Kier alpha value is -2.31. The Bertz CT molecular complexity index is 724. The van der Waals surface area contributed by atoms with Crippen LogP contribution in [0.4, 0.5) is 0 Å². The molecule has 0 saturated carbocycles. The molecule has 3 aromatic carbocycles. The van der Waals surface area contributed by atoms with Crippen molar-refractivity contribution in [1.82, 2.24) is 0 Å². The molecule has 0 amide bonds. The van der Waals surface area contributed by atoms with Gasteiger partial charge >= 0.3 is 8.38 Å². The minimum Gasteiger partial charge on any atom is -0.435 e. The van der Waals surface area contributed by atoms with Gasteiger partial charge in [-0.3, -0.25) is 0 Å². The topological polar surface area (TPSA) is 18.5 Å². The minimum atomic E-state index is -1.23. The lowest BCUT2D eigenvalue weighted by atomic mass is 10.2. The van der Waals surface area contributed by atoms with E-state index in [-0.39, 0.29) is 0 Å². The van der Waals surface area contributed by atoms with Crippen LogP contribution in [0.3, 0.4) is 0 Å². The van der Waals surface area contributed by atoms with E-state index in [0.717, 1.165) is 16.8 Å². The number of hydrogen-bond acceptors (Lipinski definition) is 2. The van der Waals surface area contributed by atoms with Gasteiger partial charge in [0.1, 0.15) is 11.5 Å². The van der Waals surface area contributed by atoms with Crippen LogP contribution in [0.25, 0.3) is 0 Å². The highest BCUT2D eigenvalue weighted by Crippen LogP contribution is 2.39. The fourth-order valence-electron chi connectivity index (χ4n) is 2.21. The summed E-state index contributed by atoms with van der Waals surface area (Å²) in [6, 6.07) is 26.2. The average Bonchev–Trinajstić information content (AvgIpc) is 2.55. The molecule has 0 aliphatic carbocycles. The van der Waals surface area contributed by atoms with Gasteiger partial charge in [0.15, 0.2) is 0 Å². The molecule has 0 saturated heterocycles. The maximum Gasteiger partial charge on any atom is 0.326 e. The molecule has 0 bridgehead atoms. The third kappa shape index (κ3) is 4.34. The Morgan fingerprint density at radius 1 is 0.609 bits per heavy atom. The summed E-state index contributed by atoms with van der Waals surface area (Å²) in [6.45, 7) is 4.11. The van der Waals surface area contributed by atoms with Crippen molar-refractivity contribution in [2.24, 2.45) is 0 Å². The van der Waals surface area contributed by atoms with Gasteiger partial charge in [-0.1, -0.05) is 42.5 Å². The van der Waals surface area contributed by atoms with Crippen molar-refractivity contribution < 1.29 is 9.05 Å². The largest absolute Gasteiger partial charge is 0.435 e. The van der Waals surface area contributed by atoms with Crippen molar-refractivity contribution in [2.75, 3.05) is 0 Å². The van der Waals surface area contributed by atoms with E-state index in [2.05, 4.69) is 26.0 Å². The van der Waals surface area contributed by atoms with E-state index >= 15 is 0 Å². The third-order valence-electron chi connectivity index (χ3n) is 3.32. The number of rotatable bonds is 5. The highest BCUT2D eigenvalue weighted by atomic mass is 31.2. The second-order valence-corrected chi connectivity index (χ2v) is 6.80. The number of aryl methyl sites for hydroxylation is 2. The summed E-state index contributed by atoms with van der Waals surface area (Å²) in [5.74, 6) is 1.65. The SMILES string of the molecule is Cc1cccc(OP(Oc2cccc(C)c2)c2ccccc2)c1. The van der Waals surface area contributed by atoms with Crippen LogP contribution in [0.2, 0.25) is 0 Å². The highest BCUT2D eigenvalue weighted by Gasteiger charge is 2.18. The van der Waals surface area contributed by atoms with Gasteiger partial charge in [0, 0.05) is 0 Å². The van der Waals surface area contributed by atoms with Crippen LogP contribution in [0.1, 0.15) is 11.1 Å². The summed E-state index contributed by atoms with van der Waals surface area (Å²) in [6.07, 6.45) is 0. The zero-order valence-corrected chi connectivity index (χ0v) is 14.2. The van der Waals surface area contributed by atoms with Gasteiger partial charge in [-0.05, 0) is 61.4 Å². The van der Waals surface area contributed by atoms with Crippen molar-refractivity contribution in [1.29, 1.82) is 0 Å². The van der Waals surface area contributed by atoms with Crippen LogP contribution in [-0.4, -0.2) is 0 Å². The standard InChI is InChI=1S/C20H19O2P/c1-16-8-6-10-18(14-16)21-23(20-12-4-3-5-13-20)22-19-11-7-9-17(2)15-19/h3-15H,1-2H3. The molecule has 116 valence electrons. The molecule has 0 heterocycles. The quantitative estimate of drug-likeness (QED) is 0.586. The maximum absolute atomic E-state index is 6.17. The number of hydrogen-bond donors (Lipinski definition) is 0. The lowest BCUT2D eigenvalue weighted by Crippen LogP contribution is -2.09. The normalized spacial score (nSPS) is 10.6. The van der Waals surface area contributed by atoms with Crippen molar-refractivity contribution in [3.05, 3.63) is 90.0 Å². The van der Waals surface area contributed by atoms with E-state index < -0.39 is 8.38 Å². The summed E-state index contributed by atoms with van der Waals surface area (Å²) in [5, 5.41) is 1.05.